The molecule has 0 amide bonds. The van der Waals surface area contributed by atoms with Gasteiger partial charge in [-0.25, -0.2) is 4.31 Å². The molecular weight excluding hydrogens is 218 g/mol. The molecular formula is C13H21NOS. The first kappa shape index (κ1) is 13.4. The highest BCUT2D eigenvalue weighted by Crippen LogP contribution is 2.31. The third kappa shape index (κ3) is 3.42. The molecule has 0 heterocycles. The third-order valence-electron chi connectivity index (χ3n) is 2.46. The smallest absolute Gasteiger partial charge is 0.119 e. The van der Waals surface area contributed by atoms with Gasteiger partial charge in [0.15, 0.2) is 0 Å². The number of methoxy groups -OCH3 is 1. The second-order valence-corrected chi connectivity index (χ2v) is 5.25. The first-order chi connectivity index (χ1) is 7.58. The van der Waals surface area contributed by atoms with Gasteiger partial charge in [-0.2, -0.15) is 0 Å². The molecule has 0 unspecified atom stereocenters. The van der Waals surface area contributed by atoms with Crippen LogP contribution in [0.2, 0.25) is 0 Å². The molecule has 3 heteroatoms. The topological polar surface area (TPSA) is 12.5 Å². The maximum atomic E-state index is 5.26. The minimum atomic E-state index is 0.942. The van der Waals surface area contributed by atoms with E-state index in [2.05, 4.69) is 44.3 Å². The summed E-state index contributed by atoms with van der Waals surface area (Å²) in [6.07, 6.45) is 1.18. The van der Waals surface area contributed by atoms with Crippen LogP contribution in [0.4, 0.5) is 0 Å². The van der Waals surface area contributed by atoms with E-state index in [9.17, 15) is 0 Å². The lowest BCUT2D eigenvalue weighted by atomic mass is 10.1. The lowest BCUT2D eigenvalue weighted by molar-refractivity contribution is 0.413. The van der Waals surface area contributed by atoms with Crippen molar-refractivity contribution in [2.75, 3.05) is 20.7 Å². The Kier molecular flexibility index (Phi) is 5.16. The van der Waals surface area contributed by atoms with Crippen LogP contribution in [0.25, 0.3) is 0 Å². The first-order valence-corrected chi connectivity index (χ1v) is 6.40. The maximum absolute atomic E-state index is 5.26. The van der Waals surface area contributed by atoms with Gasteiger partial charge in [0.05, 0.1) is 7.11 Å². The highest BCUT2D eigenvalue weighted by molar-refractivity contribution is 7.97. The number of nitrogens with zero attached hydrogens (tertiary/aromatic N) is 1. The first-order valence-electron chi connectivity index (χ1n) is 5.62. The van der Waals surface area contributed by atoms with Crippen LogP contribution >= 0.6 is 11.9 Å². The lowest BCUT2D eigenvalue weighted by Crippen LogP contribution is -2.10. The van der Waals surface area contributed by atoms with E-state index in [-0.39, 0.29) is 0 Å². The van der Waals surface area contributed by atoms with Crippen molar-refractivity contribution in [1.29, 1.82) is 0 Å². The van der Waals surface area contributed by atoms with E-state index in [1.54, 1.807) is 7.11 Å². The molecule has 0 aliphatic heterocycles. The number of aryl methyl sites for hydroxylation is 2. The van der Waals surface area contributed by atoms with Crippen molar-refractivity contribution in [2.24, 2.45) is 0 Å². The summed E-state index contributed by atoms with van der Waals surface area (Å²) in [5.41, 5.74) is 2.56. The SMILES string of the molecule is CCCN(C)Sc1c(C)cc(OC)cc1C. The van der Waals surface area contributed by atoms with Gasteiger partial charge in [0.1, 0.15) is 5.75 Å². The molecule has 0 fully saturated rings. The van der Waals surface area contributed by atoms with Gasteiger partial charge in [0.2, 0.25) is 0 Å². The van der Waals surface area contributed by atoms with Crippen molar-refractivity contribution in [3.8, 4) is 5.75 Å². The van der Waals surface area contributed by atoms with Crippen molar-refractivity contribution in [2.45, 2.75) is 32.1 Å². The van der Waals surface area contributed by atoms with Crippen molar-refractivity contribution in [3.05, 3.63) is 23.3 Å². The van der Waals surface area contributed by atoms with Crippen molar-refractivity contribution in [3.63, 3.8) is 0 Å². The molecule has 0 N–H and O–H groups in total. The molecule has 0 saturated carbocycles. The minimum absolute atomic E-state index is 0.942. The van der Waals surface area contributed by atoms with Crippen LogP contribution in [-0.2, 0) is 0 Å². The van der Waals surface area contributed by atoms with Gasteiger partial charge in [-0.05, 0) is 62.5 Å². The Balaban J connectivity index is 2.87. The fourth-order valence-electron chi connectivity index (χ4n) is 1.69. The van der Waals surface area contributed by atoms with E-state index >= 15 is 0 Å². The standard InChI is InChI=1S/C13H21NOS/c1-6-7-14(4)16-13-10(2)8-12(15-5)9-11(13)3/h8-9H,6-7H2,1-5H3. The van der Waals surface area contributed by atoms with Gasteiger partial charge < -0.3 is 4.74 Å². The molecule has 0 bridgehead atoms. The molecule has 0 aromatic heterocycles. The largest absolute Gasteiger partial charge is 0.497 e. The number of benzene rings is 1. The Morgan fingerprint density at radius 3 is 2.25 bits per heavy atom. The lowest BCUT2D eigenvalue weighted by Gasteiger charge is -2.18. The summed E-state index contributed by atoms with van der Waals surface area (Å²) in [5, 5.41) is 0. The molecule has 90 valence electrons. The molecule has 1 aromatic rings. The van der Waals surface area contributed by atoms with Crippen LogP contribution in [0.15, 0.2) is 17.0 Å². The Bertz CT molecular complexity index is 329. The maximum Gasteiger partial charge on any atom is 0.119 e. The van der Waals surface area contributed by atoms with Crippen LogP contribution in [0.3, 0.4) is 0 Å². The summed E-state index contributed by atoms with van der Waals surface area (Å²) in [6, 6.07) is 4.18. The summed E-state index contributed by atoms with van der Waals surface area (Å²) in [6.45, 7) is 7.58. The van der Waals surface area contributed by atoms with E-state index in [4.69, 9.17) is 4.74 Å². The molecule has 1 aromatic carbocycles. The van der Waals surface area contributed by atoms with Gasteiger partial charge in [-0.3, -0.25) is 0 Å². The Labute approximate surface area is 103 Å². The van der Waals surface area contributed by atoms with Crippen LogP contribution in [0.5, 0.6) is 5.75 Å². The predicted molar refractivity (Wildman–Crippen MR) is 71.2 cm³/mol. The summed E-state index contributed by atoms with van der Waals surface area (Å²) < 4.78 is 7.54. The number of rotatable bonds is 5. The number of ether oxygens (including phenoxy) is 1. The van der Waals surface area contributed by atoms with Crippen LogP contribution in [0.1, 0.15) is 24.5 Å². The summed E-state index contributed by atoms with van der Waals surface area (Å²) in [7, 11) is 3.85. The van der Waals surface area contributed by atoms with Crippen LogP contribution in [0, 0.1) is 13.8 Å². The molecule has 0 aliphatic rings. The van der Waals surface area contributed by atoms with Gasteiger partial charge in [-0.15, -0.1) is 0 Å². The van der Waals surface area contributed by atoms with Gasteiger partial charge in [0, 0.05) is 11.4 Å². The van der Waals surface area contributed by atoms with Gasteiger partial charge in [0.25, 0.3) is 0 Å². The molecule has 0 atom stereocenters. The highest BCUT2D eigenvalue weighted by atomic mass is 32.2. The zero-order valence-electron chi connectivity index (χ0n) is 10.8. The van der Waals surface area contributed by atoms with E-state index < -0.39 is 0 Å². The fourth-order valence-corrected chi connectivity index (χ4v) is 2.68. The minimum Gasteiger partial charge on any atom is -0.497 e. The van der Waals surface area contributed by atoms with Crippen molar-refractivity contribution >= 4 is 11.9 Å². The van der Waals surface area contributed by atoms with E-state index in [1.807, 2.05) is 11.9 Å². The molecule has 0 spiro atoms. The molecule has 0 aliphatic carbocycles. The van der Waals surface area contributed by atoms with E-state index in [1.165, 1.54) is 22.4 Å². The average Bonchev–Trinajstić information content (AvgIpc) is 2.23. The molecule has 1 rings (SSSR count). The monoisotopic (exact) mass is 239 g/mol. The molecule has 0 saturated heterocycles. The Morgan fingerprint density at radius 2 is 1.81 bits per heavy atom. The molecule has 0 radical (unpaired) electrons. The second-order valence-electron chi connectivity index (χ2n) is 4.03. The van der Waals surface area contributed by atoms with Crippen molar-refractivity contribution in [1.82, 2.24) is 4.31 Å². The Hall–Kier alpha value is -0.670. The van der Waals surface area contributed by atoms with E-state index in [0.717, 1.165) is 12.3 Å². The third-order valence-corrected chi connectivity index (χ3v) is 3.78. The van der Waals surface area contributed by atoms with E-state index in [0.29, 0.717) is 0 Å². The van der Waals surface area contributed by atoms with Crippen molar-refractivity contribution < 1.29 is 4.74 Å². The predicted octanol–water partition coefficient (Wildman–Crippen LogP) is 3.66. The highest BCUT2D eigenvalue weighted by Gasteiger charge is 2.08. The quantitative estimate of drug-likeness (QED) is 0.728. The second kappa shape index (κ2) is 6.16. The summed E-state index contributed by atoms with van der Waals surface area (Å²) in [5.74, 6) is 0.942. The Morgan fingerprint density at radius 1 is 1.25 bits per heavy atom. The van der Waals surface area contributed by atoms with Gasteiger partial charge >= 0.3 is 0 Å². The number of hydrogen-bond acceptors (Lipinski definition) is 3. The molecule has 16 heavy (non-hydrogen) atoms. The number of hydrogen-bond donors (Lipinski definition) is 0. The zero-order valence-corrected chi connectivity index (χ0v) is 11.6. The average molecular weight is 239 g/mol. The fraction of sp³-hybridized carbons (Fsp3) is 0.538. The molecule has 2 nitrogen and oxygen atoms in total. The normalized spacial score (nSPS) is 10.9. The van der Waals surface area contributed by atoms with Gasteiger partial charge in [-0.1, -0.05) is 6.92 Å². The summed E-state index contributed by atoms with van der Waals surface area (Å²) >= 11 is 1.82. The van der Waals surface area contributed by atoms with Crippen LogP contribution < -0.4 is 4.74 Å². The van der Waals surface area contributed by atoms with Crippen LogP contribution in [-0.4, -0.2) is 25.0 Å². The summed E-state index contributed by atoms with van der Waals surface area (Å²) in [4.78, 5) is 1.34. The zero-order chi connectivity index (χ0) is 12.1.